The Morgan fingerprint density at radius 3 is 2.57 bits per heavy atom. The number of hydrogen-bond donors (Lipinski definition) is 2. The molecule has 2 heterocycles. The zero-order valence-corrected chi connectivity index (χ0v) is 12.8. The van der Waals surface area contributed by atoms with E-state index < -0.39 is 0 Å². The van der Waals surface area contributed by atoms with Gasteiger partial charge in [0, 0.05) is 17.9 Å². The lowest BCUT2D eigenvalue weighted by molar-refractivity contribution is -0.127. The van der Waals surface area contributed by atoms with Crippen LogP contribution in [0.5, 0.6) is 0 Å². The predicted octanol–water partition coefficient (Wildman–Crippen LogP) is 1.38. The van der Waals surface area contributed by atoms with E-state index in [-0.39, 0.29) is 11.8 Å². The molecule has 1 amide bonds. The van der Waals surface area contributed by atoms with E-state index in [0.29, 0.717) is 23.7 Å². The van der Waals surface area contributed by atoms with Crippen molar-refractivity contribution < 1.29 is 9.32 Å². The molecule has 0 bridgehead atoms. The van der Waals surface area contributed by atoms with Crippen LogP contribution in [0.15, 0.2) is 4.52 Å². The van der Waals surface area contributed by atoms with Crippen LogP contribution in [0, 0.1) is 18.8 Å². The fraction of sp³-hybridized carbons (Fsp3) is 0.800. The maximum absolute atomic E-state index is 12.2. The predicted molar refractivity (Wildman–Crippen MR) is 77.7 cm³/mol. The van der Waals surface area contributed by atoms with E-state index in [0.717, 1.165) is 44.7 Å². The zero-order valence-electron chi connectivity index (χ0n) is 12.8. The van der Waals surface area contributed by atoms with Gasteiger partial charge in [-0.05, 0) is 51.6 Å². The van der Waals surface area contributed by atoms with E-state index in [1.807, 2.05) is 13.8 Å². The lowest BCUT2D eigenvalue weighted by atomic mass is 9.84. The molecule has 0 spiro atoms. The lowest BCUT2D eigenvalue weighted by Crippen LogP contribution is -2.51. The highest BCUT2D eigenvalue weighted by molar-refractivity contribution is 5.79. The molecule has 1 atom stereocenters. The molecule has 1 saturated carbocycles. The van der Waals surface area contributed by atoms with Crippen molar-refractivity contribution in [3.05, 3.63) is 11.7 Å². The Morgan fingerprint density at radius 2 is 2.05 bits per heavy atom. The Labute approximate surface area is 125 Å². The summed E-state index contributed by atoms with van der Waals surface area (Å²) in [6.45, 7) is 5.82. The standard InChI is InChI=1S/C15H24N4O2/c1-9(12-7-16-8-12)14(20)18-13-5-3-11(4-6-13)15-17-10(2)19-21-15/h9,11-13,16H,3-8H2,1-2H3,(H,18,20). The summed E-state index contributed by atoms with van der Waals surface area (Å²) in [6, 6.07) is 0.299. The smallest absolute Gasteiger partial charge is 0.229 e. The second-order valence-electron chi connectivity index (χ2n) is 6.44. The molecule has 1 aromatic rings. The van der Waals surface area contributed by atoms with E-state index in [4.69, 9.17) is 4.52 Å². The molecule has 2 N–H and O–H groups in total. The van der Waals surface area contributed by atoms with Gasteiger partial charge in [-0.3, -0.25) is 4.79 Å². The minimum absolute atomic E-state index is 0.113. The summed E-state index contributed by atoms with van der Waals surface area (Å²) in [4.78, 5) is 16.5. The topological polar surface area (TPSA) is 80.0 Å². The van der Waals surface area contributed by atoms with Gasteiger partial charge in [0.1, 0.15) is 0 Å². The molecule has 2 fully saturated rings. The van der Waals surface area contributed by atoms with Crippen LogP contribution >= 0.6 is 0 Å². The van der Waals surface area contributed by atoms with Gasteiger partial charge in [0.2, 0.25) is 11.8 Å². The summed E-state index contributed by atoms with van der Waals surface area (Å²) in [5.41, 5.74) is 0. The SMILES string of the molecule is Cc1noc(C2CCC(NC(=O)C(C)C3CNC3)CC2)n1. The Hall–Kier alpha value is -1.43. The van der Waals surface area contributed by atoms with E-state index in [1.165, 1.54) is 0 Å². The van der Waals surface area contributed by atoms with Gasteiger partial charge < -0.3 is 15.2 Å². The average molecular weight is 292 g/mol. The monoisotopic (exact) mass is 292 g/mol. The summed E-state index contributed by atoms with van der Waals surface area (Å²) in [5.74, 6) is 2.63. The van der Waals surface area contributed by atoms with Crippen molar-refractivity contribution in [1.29, 1.82) is 0 Å². The maximum atomic E-state index is 12.2. The van der Waals surface area contributed by atoms with Gasteiger partial charge in [-0.15, -0.1) is 0 Å². The first-order chi connectivity index (χ1) is 10.1. The fourth-order valence-corrected chi connectivity index (χ4v) is 3.17. The molecule has 1 saturated heterocycles. The van der Waals surface area contributed by atoms with Gasteiger partial charge in [-0.25, -0.2) is 0 Å². The van der Waals surface area contributed by atoms with Crippen LogP contribution in [0.1, 0.15) is 50.2 Å². The molecule has 1 aromatic heterocycles. The van der Waals surface area contributed by atoms with Crippen molar-refractivity contribution in [2.45, 2.75) is 51.5 Å². The molecule has 1 unspecified atom stereocenters. The maximum Gasteiger partial charge on any atom is 0.229 e. The normalized spacial score (nSPS) is 27.9. The third kappa shape index (κ3) is 3.26. The second-order valence-corrected chi connectivity index (χ2v) is 6.44. The number of aryl methyl sites for hydroxylation is 1. The Balaban J connectivity index is 1.46. The highest BCUT2D eigenvalue weighted by Crippen LogP contribution is 2.32. The second kappa shape index (κ2) is 6.13. The van der Waals surface area contributed by atoms with Gasteiger partial charge in [0.15, 0.2) is 5.82 Å². The van der Waals surface area contributed by atoms with Crippen LogP contribution in [0.2, 0.25) is 0 Å². The highest BCUT2D eigenvalue weighted by Gasteiger charge is 2.31. The first-order valence-electron chi connectivity index (χ1n) is 7.94. The Bertz CT molecular complexity index is 490. The van der Waals surface area contributed by atoms with Gasteiger partial charge in [-0.2, -0.15) is 4.98 Å². The average Bonchev–Trinajstić information content (AvgIpc) is 2.84. The van der Waals surface area contributed by atoms with Crippen molar-refractivity contribution >= 4 is 5.91 Å². The molecular weight excluding hydrogens is 268 g/mol. The van der Waals surface area contributed by atoms with Crippen molar-refractivity contribution in [1.82, 2.24) is 20.8 Å². The molecule has 3 rings (SSSR count). The van der Waals surface area contributed by atoms with Crippen molar-refractivity contribution in [2.24, 2.45) is 11.8 Å². The van der Waals surface area contributed by atoms with Gasteiger partial charge in [-0.1, -0.05) is 12.1 Å². The summed E-state index contributed by atoms with van der Waals surface area (Å²) >= 11 is 0. The van der Waals surface area contributed by atoms with Crippen LogP contribution in [0.4, 0.5) is 0 Å². The lowest BCUT2D eigenvalue weighted by Gasteiger charge is -2.34. The van der Waals surface area contributed by atoms with Crippen LogP contribution in [0.25, 0.3) is 0 Å². The number of amides is 1. The van der Waals surface area contributed by atoms with Crippen LogP contribution in [0.3, 0.4) is 0 Å². The molecular formula is C15H24N4O2. The number of nitrogens with one attached hydrogen (secondary N) is 2. The number of aromatic nitrogens is 2. The molecule has 21 heavy (non-hydrogen) atoms. The van der Waals surface area contributed by atoms with Crippen molar-refractivity contribution in [2.75, 3.05) is 13.1 Å². The van der Waals surface area contributed by atoms with E-state index in [2.05, 4.69) is 20.8 Å². The van der Waals surface area contributed by atoms with Crippen LogP contribution in [-0.4, -0.2) is 35.2 Å². The molecule has 116 valence electrons. The fourth-order valence-electron chi connectivity index (χ4n) is 3.17. The van der Waals surface area contributed by atoms with Crippen LogP contribution in [-0.2, 0) is 4.79 Å². The van der Waals surface area contributed by atoms with E-state index >= 15 is 0 Å². The largest absolute Gasteiger partial charge is 0.353 e. The van der Waals surface area contributed by atoms with Crippen molar-refractivity contribution in [3.63, 3.8) is 0 Å². The molecule has 0 radical (unpaired) electrons. The summed E-state index contributed by atoms with van der Waals surface area (Å²) in [6.07, 6.45) is 4.00. The number of nitrogens with zero attached hydrogens (tertiary/aromatic N) is 2. The number of carbonyl (C=O) groups excluding carboxylic acids is 1. The Morgan fingerprint density at radius 1 is 1.33 bits per heavy atom. The van der Waals surface area contributed by atoms with Crippen molar-refractivity contribution in [3.8, 4) is 0 Å². The zero-order chi connectivity index (χ0) is 14.8. The Kier molecular flexibility index (Phi) is 4.24. The summed E-state index contributed by atoms with van der Waals surface area (Å²) < 4.78 is 5.26. The van der Waals surface area contributed by atoms with E-state index in [1.54, 1.807) is 0 Å². The van der Waals surface area contributed by atoms with Gasteiger partial charge in [0.25, 0.3) is 0 Å². The number of carbonyl (C=O) groups is 1. The van der Waals surface area contributed by atoms with E-state index in [9.17, 15) is 4.79 Å². The summed E-state index contributed by atoms with van der Waals surface area (Å²) in [7, 11) is 0. The molecule has 1 aliphatic heterocycles. The van der Waals surface area contributed by atoms with Gasteiger partial charge >= 0.3 is 0 Å². The minimum atomic E-state index is 0.113. The number of hydrogen-bond acceptors (Lipinski definition) is 5. The third-order valence-electron chi connectivity index (χ3n) is 4.90. The number of rotatable bonds is 4. The quantitative estimate of drug-likeness (QED) is 0.876. The first-order valence-corrected chi connectivity index (χ1v) is 7.94. The first kappa shape index (κ1) is 14.5. The molecule has 2 aliphatic rings. The molecule has 0 aromatic carbocycles. The molecule has 1 aliphatic carbocycles. The minimum Gasteiger partial charge on any atom is -0.353 e. The third-order valence-corrected chi connectivity index (χ3v) is 4.90. The molecule has 6 nitrogen and oxygen atoms in total. The summed E-state index contributed by atoms with van der Waals surface area (Å²) in [5, 5.41) is 10.3. The van der Waals surface area contributed by atoms with Gasteiger partial charge in [0.05, 0.1) is 0 Å². The highest BCUT2D eigenvalue weighted by atomic mass is 16.5. The molecule has 6 heteroatoms. The van der Waals surface area contributed by atoms with Crippen LogP contribution < -0.4 is 10.6 Å².